The highest BCUT2D eigenvalue weighted by molar-refractivity contribution is 6.33. The summed E-state index contributed by atoms with van der Waals surface area (Å²) < 4.78 is 5.15. The molecule has 1 aromatic rings. The Balaban J connectivity index is 1.88. The van der Waals surface area contributed by atoms with Gasteiger partial charge in [-0.2, -0.15) is 0 Å². The van der Waals surface area contributed by atoms with Crippen molar-refractivity contribution >= 4 is 29.4 Å². The van der Waals surface area contributed by atoms with Crippen molar-refractivity contribution in [1.82, 2.24) is 14.9 Å². The molecule has 23 heavy (non-hydrogen) atoms. The van der Waals surface area contributed by atoms with Gasteiger partial charge in [0.05, 0.1) is 24.4 Å². The second kappa shape index (κ2) is 6.67. The summed E-state index contributed by atoms with van der Waals surface area (Å²) in [5, 5.41) is 9.37. The smallest absolute Gasteiger partial charge is 0.328 e. The Labute approximate surface area is 138 Å². The van der Waals surface area contributed by atoms with E-state index in [0.717, 1.165) is 25.9 Å². The van der Waals surface area contributed by atoms with Gasteiger partial charge < -0.3 is 19.6 Å². The van der Waals surface area contributed by atoms with E-state index in [1.54, 1.807) is 0 Å². The first-order valence-electron chi connectivity index (χ1n) is 7.47. The molecule has 0 saturated carbocycles. The molecule has 0 aromatic carbocycles. The van der Waals surface area contributed by atoms with Crippen molar-refractivity contribution in [3.63, 3.8) is 0 Å². The molecule has 0 bridgehead atoms. The zero-order chi connectivity index (χ0) is 16.4. The maximum Gasteiger partial charge on any atom is 0.328 e. The van der Waals surface area contributed by atoms with Gasteiger partial charge in [0.2, 0.25) is 5.95 Å². The summed E-state index contributed by atoms with van der Waals surface area (Å²) >= 11 is 6.07. The van der Waals surface area contributed by atoms with E-state index in [9.17, 15) is 14.7 Å². The number of amides is 1. The molecule has 2 aliphatic heterocycles. The maximum atomic E-state index is 12.7. The van der Waals surface area contributed by atoms with E-state index in [4.69, 9.17) is 16.3 Å². The average molecular weight is 341 g/mol. The molecule has 1 N–H and O–H groups in total. The van der Waals surface area contributed by atoms with Gasteiger partial charge in [0.15, 0.2) is 11.7 Å². The molecular weight excluding hydrogens is 324 g/mol. The van der Waals surface area contributed by atoms with Crippen LogP contribution < -0.4 is 4.90 Å². The molecule has 3 rings (SSSR count). The number of aliphatic carboxylic acids is 1. The Morgan fingerprint density at radius 3 is 2.74 bits per heavy atom. The van der Waals surface area contributed by atoms with Crippen molar-refractivity contribution in [1.29, 1.82) is 0 Å². The number of carboxylic acid groups (broad SMARTS) is 1. The Morgan fingerprint density at radius 2 is 2.04 bits per heavy atom. The van der Waals surface area contributed by atoms with E-state index in [-0.39, 0.29) is 30.5 Å². The quantitative estimate of drug-likeness (QED) is 0.863. The lowest BCUT2D eigenvalue weighted by Crippen LogP contribution is -2.52. The van der Waals surface area contributed by atoms with Crippen LogP contribution in [0, 0.1) is 0 Å². The molecule has 0 radical (unpaired) electrons. The lowest BCUT2D eigenvalue weighted by molar-refractivity contribution is -0.147. The highest BCUT2D eigenvalue weighted by Crippen LogP contribution is 2.22. The molecule has 1 atom stereocenters. The minimum atomic E-state index is -1.11. The number of anilines is 1. The predicted molar refractivity (Wildman–Crippen MR) is 81.8 cm³/mol. The molecule has 3 heterocycles. The number of carboxylic acids is 1. The molecule has 2 aliphatic rings. The normalized spacial score (nSPS) is 21.5. The second-order valence-electron chi connectivity index (χ2n) is 5.49. The minimum Gasteiger partial charge on any atom is -0.480 e. The lowest BCUT2D eigenvalue weighted by atomic mass is 10.2. The van der Waals surface area contributed by atoms with Crippen molar-refractivity contribution in [2.75, 3.05) is 37.7 Å². The van der Waals surface area contributed by atoms with E-state index in [2.05, 4.69) is 9.97 Å². The maximum absolute atomic E-state index is 12.7. The van der Waals surface area contributed by atoms with E-state index in [1.165, 1.54) is 11.1 Å². The van der Waals surface area contributed by atoms with Gasteiger partial charge in [0, 0.05) is 19.6 Å². The summed E-state index contributed by atoms with van der Waals surface area (Å²) in [7, 11) is 0. The number of carbonyl (C=O) groups is 2. The fourth-order valence-electron chi connectivity index (χ4n) is 2.76. The van der Waals surface area contributed by atoms with Gasteiger partial charge in [-0.1, -0.05) is 11.6 Å². The number of halogens is 1. The van der Waals surface area contributed by atoms with Gasteiger partial charge in [0.25, 0.3) is 5.91 Å². The zero-order valence-electron chi connectivity index (χ0n) is 12.4. The highest BCUT2D eigenvalue weighted by atomic mass is 35.5. The first-order valence-corrected chi connectivity index (χ1v) is 7.84. The van der Waals surface area contributed by atoms with Crippen LogP contribution in [-0.4, -0.2) is 70.7 Å². The lowest BCUT2D eigenvalue weighted by Gasteiger charge is -2.32. The van der Waals surface area contributed by atoms with Crippen LogP contribution in [0.4, 0.5) is 5.95 Å². The molecule has 0 spiro atoms. The fraction of sp³-hybridized carbons (Fsp3) is 0.571. The van der Waals surface area contributed by atoms with Gasteiger partial charge in [-0.25, -0.2) is 14.8 Å². The van der Waals surface area contributed by atoms with Crippen molar-refractivity contribution < 1.29 is 19.4 Å². The monoisotopic (exact) mass is 340 g/mol. The third-order valence-electron chi connectivity index (χ3n) is 4.00. The first-order chi connectivity index (χ1) is 11.1. The number of carbonyl (C=O) groups excluding carboxylic acids is 1. The van der Waals surface area contributed by atoms with Crippen LogP contribution in [0.5, 0.6) is 0 Å². The largest absolute Gasteiger partial charge is 0.480 e. The molecule has 1 amide bonds. The van der Waals surface area contributed by atoms with Crippen molar-refractivity contribution in [2.45, 2.75) is 18.9 Å². The van der Waals surface area contributed by atoms with Crippen LogP contribution in [0.3, 0.4) is 0 Å². The van der Waals surface area contributed by atoms with Crippen LogP contribution in [-0.2, 0) is 9.53 Å². The molecule has 124 valence electrons. The summed E-state index contributed by atoms with van der Waals surface area (Å²) in [6, 6.07) is -1.03. The number of hydrogen-bond donors (Lipinski definition) is 1. The van der Waals surface area contributed by atoms with Crippen LogP contribution in [0.15, 0.2) is 6.20 Å². The van der Waals surface area contributed by atoms with E-state index < -0.39 is 17.9 Å². The molecule has 2 saturated heterocycles. The number of rotatable bonds is 3. The Bertz CT molecular complexity index is 621. The van der Waals surface area contributed by atoms with Gasteiger partial charge in [0.1, 0.15) is 0 Å². The minimum absolute atomic E-state index is 0.0386. The van der Waals surface area contributed by atoms with Crippen molar-refractivity contribution in [3.05, 3.63) is 16.9 Å². The summed E-state index contributed by atoms with van der Waals surface area (Å²) in [4.78, 5) is 35.7. The molecular formula is C14H17ClN4O4. The number of ether oxygens (including phenoxy) is 1. The highest BCUT2D eigenvalue weighted by Gasteiger charge is 2.35. The SMILES string of the molecule is O=C(O)[C@@H]1COCCN1C(=O)c1nc(N2CCCC2)ncc1Cl. The molecule has 0 aliphatic carbocycles. The van der Waals surface area contributed by atoms with Crippen LogP contribution in [0.2, 0.25) is 5.02 Å². The number of hydrogen-bond acceptors (Lipinski definition) is 6. The van der Waals surface area contributed by atoms with Crippen LogP contribution in [0.25, 0.3) is 0 Å². The van der Waals surface area contributed by atoms with Crippen LogP contribution in [0.1, 0.15) is 23.3 Å². The summed E-state index contributed by atoms with van der Waals surface area (Å²) in [5.74, 6) is -1.16. The van der Waals surface area contributed by atoms with Gasteiger partial charge in [-0.05, 0) is 12.8 Å². The third-order valence-corrected chi connectivity index (χ3v) is 4.27. The third kappa shape index (κ3) is 3.23. The van der Waals surface area contributed by atoms with Gasteiger partial charge >= 0.3 is 5.97 Å². The Kier molecular flexibility index (Phi) is 4.63. The Morgan fingerprint density at radius 1 is 1.30 bits per heavy atom. The summed E-state index contributed by atoms with van der Waals surface area (Å²) in [5.41, 5.74) is 0.0386. The van der Waals surface area contributed by atoms with E-state index in [0.29, 0.717) is 5.95 Å². The molecule has 8 nitrogen and oxygen atoms in total. The average Bonchev–Trinajstić information content (AvgIpc) is 3.09. The summed E-state index contributed by atoms with van der Waals surface area (Å²) in [6.45, 7) is 2.12. The summed E-state index contributed by atoms with van der Waals surface area (Å²) in [6.07, 6.45) is 3.51. The topological polar surface area (TPSA) is 95.9 Å². The Hall–Kier alpha value is -1.93. The predicted octanol–water partition coefficient (Wildman–Crippen LogP) is 0.656. The molecule has 1 aromatic heterocycles. The number of morpholine rings is 1. The van der Waals surface area contributed by atoms with Gasteiger partial charge in [-0.15, -0.1) is 0 Å². The number of nitrogens with zero attached hydrogens (tertiary/aromatic N) is 4. The van der Waals surface area contributed by atoms with Crippen molar-refractivity contribution in [3.8, 4) is 0 Å². The fourth-order valence-corrected chi connectivity index (χ4v) is 2.94. The zero-order valence-corrected chi connectivity index (χ0v) is 13.2. The molecule has 9 heteroatoms. The molecule has 0 unspecified atom stereocenters. The van der Waals surface area contributed by atoms with Crippen LogP contribution >= 0.6 is 11.6 Å². The van der Waals surface area contributed by atoms with Crippen molar-refractivity contribution in [2.24, 2.45) is 0 Å². The van der Waals surface area contributed by atoms with Gasteiger partial charge in [-0.3, -0.25) is 4.79 Å². The van der Waals surface area contributed by atoms with E-state index >= 15 is 0 Å². The standard InChI is InChI=1S/C14H17ClN4O4/c15-9-7-16-14(18-3-1-2-4-18)17-11(9)12(20)19-5-6-23-8-10(19)13(21)22/h7,10H,1-6,8H2,(H,21,22)/t10-/m0/s1. The number of aromatic nitrogens is 2. The first kappa shape index (κ1) is 15.9. The molecule has 2 fully saturated rings. The van der Waals surface area contributed by atoms with E-state index in [1.807, 2.05) is 4.90 Å². The second-order valence-corrected chi connectivity index (χ2v) is 5.90.